The van der Waals surface area contributed by atoms with Gasteiger partial charge in [0.2, 0.25) is 0 Å². The van der Waals surface area contributed by atoms with Crippen molar-refractivity contribution in [3.63, 3.8) is 0 Å². The fourth-order valence-corrected chi connectivity index (χ4v) is 2.33. The van der Waals surface area contributed by atoms with Gasteiger partial charge in [0.15, 0.2) is 11.6 Å². The van der Waals surface area contributed by atoms with Gasteiger partial charge in [-0.2, -0.15) is 9.36 Å². The van der Waals surface area contributed by atoms with Crippen LogP contribution in [0.5, 0.6) is 5.75 Å². The molecule has 0 bridgehead atoms. The molecule has 0 aliphatic rings. The summed E-state index contributed by atoms with van der Waals surface area (Å²) in [5.41, 5.74) is -0.791. The van der Waals surface area contributed by atoms with Crippen molar-refractivity contribution in [3.8, 4) is 11.4 Å². The molecule has 1 aromatic heterocycles. The van der Waals surface area contributed by atoms with E-state index in [1.165, 1.54) is 43.4 Å². The number of rotatable bonds is 5. The summed E-state index contributed by atoms with van der Waals surface area (Å²) >= 11 is 0. The van der Waals surface area contributed by atoms with E-state index < -0.39 is 17.9 Å². The van der Waals surface area contributed by atoms with Gasteiger partial charge in [-0.05, 0) is 28.6 Å². The minimum absolute atomic E-state index is 0.0309. The third kappa shape index (κ3) is 3.25. The molecular weight excluding hydrogens is 337 g/mol. The van der Waals surface area contributed by atoms with Crippen LogP contribution in [0.4, 0.5) is 13.2 Å². The molecule has 0 atom stereocenters. The Hall–Kier alpha value is -3.10. The summed E-state index contributed by atoms with van der Waals surface area (Å²) in [6, 6.07) is 9.67. The number of halogens is 3. The minimum Gasteiger partial charge on any atom is -0.486 e. The summed E-state index contributed by atoms with van der Waals surface area (Å²) in [7, 11) is 1.39. The smallest absolute Gasteiger partial charge is 0.368 e. The number of tetrazole rings is 1. The molecule has 0 spiro atoms. The number of benzene rings is 2. The SMILES string of the molecule is Cn1nnn(-c2cccc(C(F)F)c2COc2ccccc2F)c1=O. The molecule has 3 rings (SSSR count). The predicted octanol–water partition coefficient (Wildman–Crippen LogP) is 2.62. The standard InChI is InChI=1S/C16H13F3N4O2/c1-22-16(24)23(21-20-22)13-7-4-5-10(15(18)19)11(13)9-25-14-8-3-2-6-12(14)17/h2-8,15H,9H2,1H3. The van der Waals surface area contributed by atoms with E-state index in [4.69, 9.17) is 4.74 Å². The molecule has 1 heterocycles. The van der Waals surface area contributed by atoms with Gasteiger partial charge < -0.3 is 4.74 Å². The van der Waals surface area contributed by atoms with Crippen LogP contribution in [0.1, 0.15) is 17.6 Å². The fourth-order valence-electron chi connectivity index (χ4n) is 2.33. The van der Waals surface area contributed by atoms with Gasteiger partial charge in [0.05, 0.1) is 5.69 Å². The van der Waals surface area contributed by atoms with Crippen molar-refractivity contribution in [1.82, 2.24) is 19.8 Å². The van der Waals surface area contributed by atoms with E-state index in [9.17, 15) is 18.0 Å². The van der Waals surface area contributed by atoms with Crippen molar-refractivity contribution in [2.24, 2.45) is 7.05 Å². The van der Waals surface area contributed by atoms with Gasteiger partial charge in [-0.25, -0.2) is 18.0 Å². The Kier molecular flexibility index (Phi) is 4.55. The van der Waals surface area contributed by atoms with Crippen LogP contribution >= 0.6 is 0 Å². The van der Waals surface area contributed by atoms with Crippen LogP contribution in [0.3, 0.4) is 0 Å². The number of para-hydroxylation sites is 1. The summed E-state index contributed by atoms with van der Waals surface area (Å²) in [6.07, 6.45) is -2.80. The van der Waals surface area contributed by atoms with Gasteiger partial charge >= 0.3 is 5.69 Å². The minimum atomic E-state index is -2.80. The molecule has 130 valence electrons. The van der Waals surface area contributed by atoms with E-state index in [0.29, 0.717) is 0 Å². The maximum Gasteiger partial charge on any atom is 0.368 e. The largest absolute Gasteiger partial charge is 0.486 e. The highest BCUT2D eigenvalue weighted by Gasteiger charge is 2.20. The van der Waals surface area contributed by atoms with Crippen LogP contribution in [-0.2, 0) is 13.7 Å². The number of alkyl halides is 2. The van der Waals surface area contributed by atoms with E-state index >= 15 is 0 Å². The van der Waals surface area contributed by atoms with Gasteiger partial charge in [-0.1, -0.05) is 24.3 Å². The van der Waals surface area contributed by atoms with Crippen molar-refractivity contribution in [1.29, 1.82) is 0 Å². The van der Waals surface area contributed by atoms with E-state index in [0.717, 1.165) is 9.36 Å². The number of ether oxygens (including phenoxy) is 1. The second-order valence-electron chi connectivity index (χ2n) is 5.16. The third-order valence-corrected chi connectivity index (χ3v) is 3.58. The maximum atomic E-state index is 13.7. The van der Waals surface area contributed by atoms with Crippen LogP contribution in [0.25, 0.3) is 5.69 Å². The van der Waals surface area contributed by atoms with Gasteiger partial charge in [0, 0.05) is 18.2 Å². The number of aryl methyl sites for hydroxylation is 1. The van der Waals surface area contributed by atoms with Gasteiger partial charge in [-0.15, -0.1) is 0 Å². The normalized spacial score (nSPS) is 11.1. The molecular formula is C16H13F3N4O2. The molecule has 3 aromatic rings. The Balaban J connectivity index is 2.05. The van der Waals surface area contributed by atoms with Crippen molar-refractivity contribution >= 4 is 0 Å². The zero-order valence-electron chi connectivity index (χ0n) is 13.1. The molecule has 0 amide bonds. The summed E-state index contributed by atoms with van der Waals surface area (Å²) < 4.78 is 47.6. The topological polar surface area (TPSA) is 61.9 Å². The van der Waals surface area contributed by atoms with Crippen LogP contribution in [0.15, 0.2) is 47.3 Å². The van der Waals surface area contributed by atoms with E-state index in [2.05, 4.69) is 10.4 Å². The van der Waals surface area contributed by atoms with E-state index in [1.807, 2.05) is 0 Å². The molecule has 0 saturated heterocycles. The Morgan fingerprint density at radius 3 is 2.52 bits per heavy atom. The first-order valence-electron chi connectivity index (χ1n) is 7.25. The first-order chi connectivity index (χ1) is 12.0. The highest BCUT2D eigenvalue weighted by Crippen LogP contribution is 2.28. The van der Waals surface area contributed by atoms with Crippen LogP contribution in [0, 0.1) is 5.82 Å². The molecule has 0 radical (unpaired) electrons. The van der Waals surface area contributed by atoms with E-state index in [1.54, 1.807) is 6.07 Å². The second kappa shape index (κ2) is 6.80. The molecule has 0 N–H and O–H groups in total. The molecule has 9 heteroatoms. The predicted molar refractivity (Wildman–Crippen MR) is 82.3 cm³/mol. The monoisotopic (exact) mass is 350 g/mol. The summed E-state index contributed by atoms with van der Waals surface area (Å²) in [4.78, 5) is 12.0. The Labute approximate surface area is 140 Å². The quantitative estimate of drug-likeness (QED) is 0.710. The molecule has 2 aromatic carbocycles. The van der Waals surface area contributed by atoms with E-state index in [-0.39, 0.29) is 29.2 Å². The lowest BCUT2D eigenvalue weighted by Crippen LogP contribution is -2.23. The summed E-state index contributed by atoms with van der Waals surface area (Å²) in [6.45, 7) is -0.361. The number of hydrogen-bond acceptors (Lipinski definition) is 4. The Morgan fingerprint density at radius 1 is 1.12 bits per heavy atom. The van der Waals surface area contributed by atoms with Gasteiger partial charge in [-0.3, -0.25) is 0 Å². The highest BCUT2D eigenvalue weighted by atomic mass is 19.3. The first-order valence-corrected chi connectivity index (χ1v) is 7.25. The first kappa shape index (κ1) is 16.7. The van der Waals surface area contributed by atoms with Gasteiger partial charge in [0.25, 0.3) is 6.43 Å². The van der Waals surface area contributed by atoms with Crippen molar-refractivity contribution in [3.05, 3.63) is 69.9 Å². The molecule has 6 nitrogen and oxygen atoms in total. The van der Waals surface area contributed by atoms with Crippen LogP contribution in [-0.4, -0.2) is 19.8 Å². The highest BCUT2D eigenvalue weighted by molar-refractivity contribution is 5.46. The molecule has 0 aliphatic heterocycles. The maximum absolute atomic E-state index is 13.7. The fraction of sp³-hybridized carbons (Fsp3) is 0.188. The molecule has 25 heavy (non-hydrogen) atoms. The molecule has 0 fully saturated rings. The van der Waals surface area contributed by atoms with Crippen molar-refractivity contribution < 1.29 is 17.9 Å². The lowest BCUT2D eigenvalue weighted by Gasteiger charge is -2.14. The Bertz CT molecular complexity index is 953. The number of nitrogens with zero attached hydrogens (tertiary/aromatic N) is 4. The molecule has 0 aliphatic carbocycles. The van der Waals surface area contributed by atoms with Crippen molar-refractivity contribution in [2.75, 3.05) is 0 Å². The molecule has 0 unspecified atom stereocenters. The van der Waals surface area contributed by atoms with Crippen molar-refractivity contribution in [2.45, 2.75) is 13.0 Å². The lowest BCUT2D eigenvalue weighted by molar-refractivity contribution is 0.147. The van der Waals surface area contributed by atoms with Crippen LogP contribution in [0.2, 0.25) is 0 Å². The molecule has 0 saturated carbocycles. The summed E-state index contributed by atoms with van der Waals surface area (Å²) in [5.74, 6) is -0.695. The average Bonchev–Trinajstić information content (AvgIpc) is 2.93. The van der Waals surface area contributed by atoms with Gasteiger partial charge in [0.1, 0.15) is 6.61 Å². The third-order valence-electron chi connectivity index (χ3n) is 3.58. The summed E-state index contributed by atoms with van der Waals surface area (Å²) in [5, 5.41) is 7.23. The second-order valence-corrected chi connectivity index (χ2v) is 5.16. The average molecular weight is 350 g/mol. The zero-order chi connectivity index (χ0) is 18.0. The Morgan fingerprint density at radius 2 is 1.88 bits per heavy atom. The number of aromatic nitrogens is 4. The zero-order valence-corrected chi connectivity index (χ0v) is 13.1. The lowest BCUT2D eigenvalue weighted by atomic mass is 10.1. The number of hydrogen-bond donors (Lipinski definition) is 0. The van der Waals surface area contributed by atoms with Crippen LogP contribution < -0.4 is 10.4 Å².